The minimum atomic E-state index is -1.98. The summed E-state index contributed by atoms with van der Waals surface area (Å²) in [4.78, 5) is 40.6. The van der Waals surface area contributed by atoms with Crippen LogP contribution in [0.1, 0.15) is 16.7 Å². The van der Waals surface area contributed by atoms with Gasteiger partial charge in [0.15, 0.2) is 0 Å². The number of amides is 3. The molecule has 33 heavy (non-hydrogen) atoms. The number of methoxy groups -OCH3 is 1. The Balaban J connectivity index is 1.60. The fraction of sp³-hybridized carbons (Fsp3) is 0.192. The second-order valence-corrected chi connectivity index (χ2v) is 7.77. The number of nitrogens with zero attached hydrogens (tertiary/aromatic N) is 1. The van der Waals surface area contributed by atoms with Crippen LogP contribution >= 0.6 is 0 Å². The minimum Gasteiger partial charge on any atom is -0.497 e. The molecule has 0 unspecified atom stereocenters. The number of carbonyl (C=O) groups excluding carboxylic acids is 3. The van der Waals surface area contributed by atoms with Crippen LogP contribution in [0.4, 0.5) is 4.79 Å². The smallest absolute Gasteiger partial charge is 0.418 e. The summed E-state index contributed by atoms with van der Waals surface area (Å²) in [5.74, 6) is -0.690. The van der Waals surface area contributed by atoms with Crippen LogP contribution in [0.2, 0.25) is 0 Å². The van der Waals surface area contributed by atoms with Crippen molar-refractivity contribution < 1.29 is 23.9 Å². The topological polar surface area (TPSA) is 84.9 Å². The highest BCUT2D eigenvalue weighted by Crippen LogP contribution is 2.30. The SMILES string of the molecule is COc1cccc(CNC(=O)[C@@]2(Cc3ccccc3)OC(=O)N(Cc3ccccc3)C2=O)c1. The molecule has 1 aliphatic rings. The Morgan fingerprint density at radius 2 is 1.55 bits per heavy atom. The maximum Gasteiger partial charge on any atom is 0.418 e. The molecule has 1 saturated heterocycles. The molecule has 4 rings (SSSR count). The number of benzene rings is 3. The van der Waals surface area contributed by atoms with E-state index < -0.39 is 23.5 Å². The van der Waals surface area contributed by atoms with E-state index in [0.717, 1.165) is 16.0 Å². The van der Waals surface area contributed by atoms with Crippen molar-refractivity contribution in [2.45, 2.75) is 25.1 Å². The molecule has 1 atom stereocenters. The van der Waals surface area contributed by atoms with Crippen LogP contribution in [-0.4, -0.2) is 35.5 Å². The number of hydrogen-bond donors (Lipinski definition) is 1. The number of nitrogens with one attached hydrogen (secondary N) is 1. The number of ether oxygens (including phenoxy) is 2. The Morgan fingerprint density at radius 3 is 2.21 bits per heavy atom. The third-order valence-corrected chi connectivity index (χ3v) is 5.51. The van der Waals surface area contributed by atoms with E-state index in [1.165, 1.54) is 0 Å². The van der Waals surface area contributed by atoms with Gasteiger partial charge in [-0.1, -0.05) is 72.8 Å². The van der Waals surface area contributed by atoms with Crippen molar-refractivity contribution >= 4 is 17.9 Å². The van der Waals surface area contributed by atoms with Gasteiger partial charge in [0, 0.05) is 13.0 Å². The summed E-state index contributed by atoms with van der Waals surface area (Å²) in [7, 11) is 1.56. The molecule has 168 valence electrons. The molecule has 1 heterocycles. The number of carbonyl (C=O) groups is 3. The summed E-state index contributed by atoms with van der Waals surface area (Å²) in [5, 5.41) is 2.77. The largest absolute Gasteiger partial charge is 0.497 e. The third kappa shape index (κ3) is 4.72. The lowest BCUT2D eigenvalue weighted by Gasteiger charge is -2.24. The van der Waals surface area contributed by atoms with Crippen molar-refractivity contribution in [3.63, 3.8) is 0 Å². The number of hydrogen-bond acceptors (Lipinski definition) is 5. The highest BCUT2D eigenvalue weighted by Gasteiger charge is 2.59. The molecular formula is C26H24N2O5. The van der Waals surface area contributed by atoms with Crippen molar-refractivity contribution in [1.29, 1.82) is 0 Å². The molecule has 0 saturated carbocycles. The maximum atomic E-state index is 13.5. The van der Waals surface area contributed by atoms with Crippen LogP contribution in [0.3, 0.4) is 0 Å². The lowest BCUT2D eigenvalue weighted by molar-refractivity contribution is -0.149. The molecule has 7 nitrogen and oxygen atoms in total. The van der Waals surface area contributed by atoms with Crippen molar-refractivity contribution in [2.75, 3.05) is 7.11 Å². The summed E-state index contributed by atoms with van der Waals surface area (Å²) in [5.41, 5.74) is 0.272. The van der Waals surface area contributed by atoms with Crippen molar-refractivity contribution in [2.24, 2.45) is 0 Å². The molecule has 3 aromatic carbocycles. The first-order valence-corrected chi connectivity index (χ1v) is 10.6. The Hall–Kier alpha value is -4.13. The van der Waals surface area contributed by atoms with Crippen LogP contribution in [0, 0.1) is 0 Å². The van der Waals surface area contributed by atoms with E-state index in [2.05, 4.69) is 5.32 Å². The van der Waals surface area contributed by atoms with E-state index in [1.54, 1.807) is 55.6 Å². The molecule has 0 aromatic heterocycles. The van der Waals surface area contributed by atoms with Crippen LogP contribution in [0.5, 0.6) is 5.75 Å². The van der Waals surface area contributed by atoms with Gasteiger partial charge in [0.1, 0.15) is 5.75 Å². The fourth-order valence-corrected chi connectivity index (χ4v) is 3.78. The Labute approximate surface area is 191 Å². The summed E-state index contributed by atoms with van der Waals surface area (Å²) in [6, 6.07) is 25.3. The van der Waals surface area contributed by atoms with Gasteiger partial charge in [-0.25, -0.2) is 9.69 Å². The van der Waals surface area contributed by atoms with Gasteiger partial charge in [0.25, 0.3) is 17.4 Å². The molecule has 0 aliphatic carbocycles. The van der Waals surface area contributed by atoms with Gasteiger partial charge < -0.3 is 14.8 Å². The quantitative estimate of drug-likeness (QED) is 0.538. The monoisotopic (exact) mass is 444 g/mol. The first-order valence-electron chi connectivity index (χ1n) is 10.6. The lowest BCUT2D eigenvalue weighted by atomic mass is 9.92. The number of rotatable bonds is 8. The predicted octanol–water partition coefficient (Wildman–Crippen LogP) is 3.47. The zero-order valence-corrected chi connectivity index (χ0v) is 18.2. The van der Waals surface area contributed by atoms with Gasteiger partial charge in [0.05, 0.1) is 13.7 Å². The summed E-state index contributed by atoms with van der Waals surface area (Å²) < 4.78 is 10.8. The highest BCUT2D eigenvalue weighted by atomic mass is 16.6. The zero-order chi connectivity index (χ0) is 23.3. The minimum absolute atomic E-state index is 0.0260. The van der Waals surface area contributed by atoms with Gasteiger partial charge in [-0.3, -0.25) is 9.59 Å². The summed E-state index contributed by atoms with van der Waals surface area (Å²) in [6.07, 6.45) is -0.899. The zero-order valence-electron chi connectivity index (χ0n) is 18.2. The van der Waals surface area contributed by atoms with E-state index in [9.17, 15) is 14.4 Å². The third-order valence-electron chi connectivity index (χ3n) is 5.51. The Bertz CT molecular complexity index is 1150. The summed E-state index contributed by atoms with van der Waals surface area (Å²) in [6.45, 7) is 0.175. The first kappa shape index (κ1) is 22.1. The number of cyclic esters (lactones) is 1. The molecule has 1 fully saturated rings. The lowest BCUT2D eigenvalue weighted by Crippen LogP contribution is -2.54. The second-order valence-electron chi connectivity index (χ2n) is 7.77. The summed E-state index contributed by atoms with van der Waals surface area (Å²) >= 11 is 0. The van der Waals surface area contributed by atoms with Crippen LogP contribution in [0.15, 0.2) is 84.9 Å². The van der Waals surface area contributed by atoms with Crippen molar-refractivity contribution in [3.05, 3.63) is 102 Å². The molecule has 1 aliphatic heterocycles. The molecule has 0 radical (unpaired) electrons. The standard InChI is InChI=1S/C26H24N2O5/c1-32-22-14-8-13-21(15-22)17-27-23(29)26(16-19-9-4-2-5-10-19)24(30)28(25(31)33-26)18-20-11-6-3-7-12-20/h2-15H,16-18H2,1H3,(H,27,29)/t26-/m1/s1. The number of imide groups is 1. The molecule has 3 amide bonds. The van der Waals surface area contributed by atoms with E-state index >= 15 is 0 Å². The van der Waals surface area contributed by atoms with Crippen molar-refractivity contribution in [1.82, 2.24) is 10.2 Å². The molecule has 0 spiro atoms. The van der Waals surface area contributed by atoms with Gasteiger partial charge in [-0.2, -0.15) is 0 Å². The van der Waals surface area contributed by atoms with Crippen LogP contribution < -0.4 is 10.1 Å². The van der Waals surface area contributed by atoms with E-state index in [4.69, 9.17) is 9.47 Å². The van der Waals surface area contributed by atoms with Gasteiger partial charge in [0.2, 0.25) is 0 Å². The maximum absolute atomic E-state index is 13.5. The average Bonchev–Trinajstić information content (AvgIpc) is 3.09. The van der Waals surface area contributed by atoms with Crippen LogP contribution in [-0.2, 0) is 33.8 Å². The Morgan fingerprint density at radius 1 is 0.909 bits per heavy atom. The first-order chi connectivity index (χ1) is 16.0. The van der Waals surface area contributed by atoms with Gasteiger partial charge in [-0.15, -0.1) is 0 Å². The van der Waals surface area contributed by atoms with Gasteiger partial charge >= 0.3 is 6.09 Å². The molecule has 0 bridgehead atoms. The highest BCUT2D eigenvalue weighted by molar-refractivity contribution is 6.17. The molecule has 7 heteroatoms. The molecular weight excluding hydrogens is 420 g/mol. The fourth-order valence-electron chi connectivity index (χ4n) is 3.78. The molecule has 3 aromatic rings. The van der Waals surface area contributed by atoms with E-state index in [-0.39, 0.29) is 19.5 Å². The van der Waals surface area contributed by atoms with Crippen LogP contribution in [0.25, 0.3) is 0 Å². The normalized spacial score (nSPS) is 17.5. The molecule has 1 N–H and O–H groups in total. The Kier molecular flexibility index (Phi) is 6.40. The average molecular weight is 444 g/mol. The van der Waals surface area contributed by atoms with E-state index in [1.807, 2.05) is 36.4 Å². The van der Waals surface area contributed by atoms with Gasteiger partial charge in [-0.05, 0) is 28.8 Å². The second kappa shape index (κ2) is 9.56. The van der Waals surface area contributed by atoms with Crippen molar-refractivity contribution in [3.8, 4) is 5.75 Å². The van der Waals surface area contributed by atoms with E-state index in [0.29, 0.717) is 11.3 Å². The predicted molar refractivity (Wildman–Crippen MR) is 121 cm³/mol.